The predicted molar refractivity (Wildman–Crippen MR) is 123 cm³/mol. The molecule has 1 amide bonds. The first-order valence-corrected chi connectivity index (χ1v) is 12.3. The third kappa shape index (κ3) is 8.34. The summed E-state index contributed by atoms with van der Waals surface area (Å²) >= 11 is 0. The zero-order valence-electron chi connectivity index (χ0n) is 18.7. The Morgan fingerprint density at radius 2 is 1.74 bits per heavy atom. The average molecular weight is 448 g/mol. The standard InChI is InChI=1S/C24H33NO5S/c1-4-6-7-9-20-12-14-22(15-13-20)24(26)25(16-17-29-3)19-21-10-8-11-23(18-21)30-31(27,28)5-2/h8,10-15,18H,4-7,9,16-17,19H2,1-3H3. The maximum absolute atomic E-state index is 13.1. The molecular weight excluding hydrogens is 414 g/mol. The van der Waals surface area contributed by atoms with Crippen LogP contribution in [0.5, 0.6) is 5.75 Å². The third-order valence-corrected chi connectivity index (χ3v) is 6.12. The van der Waals surface area contributed by atoms with E-state index < -0.39 is 10.1 Å². The molecule has 31 heavy (non-hydrogen) atoms. The number of ether oxygens (including phenoxy) is 1. The van der Waals surface area contributed by atoms with Crippen molar-refractivity contribution in [2.75, 3.05) is 26.0 Å². The number of carbonyl (C=O) groups is 1. The molecule has 2 aromatic carbocycles. The van der Waals surface area contributed by atoms with Gasteiger partial charge in [-0.25, -0.2) is 0 Å². The van der Waals surface area contributed by atoms with Gasteiger partial charge in [0.2, 0.25) is 0 Å². The zero-order chi connectivity index (χ0) is 22.7. The van der Waals surface area contributed by atoms with E-state index in [0.717, 1.165) is 18.4 Å². The summed E-state index contributed by atoms with van der Waals surface area (Å²) in [5.41, 5.74) is 2.64. The van der Waals surface area contributed by atoms with Gasteiger partial charge in [0.25, 0.3) is 5.91 Å². The number of rotatable bonds is 13. The second kappa shape index (κ2) is 12.5. The lowest BCUT2D eigenvalue weighted by Crippen LogP contribution is -2.33. The van der Waals surface area contributed by atoms with E-state index >= 15 is 0 Å². The molecule has 0 aromatic heterocycles. The monoisotopic (exact) mass is 447 g/mol. The van der Waals surface area contributed by atoms with Crippen molar-refractivity contribution < 1.29 is 22.1 Å². The molecule has 7 heteroatoms. The maximum Gasteiger partial charge on any atom is 0.308 e. The summed E-state index contributed by atoms with van der Waals surface area (Å²) < 4.78 is 33.8. The van der Waals surface area contributed by atoms with E-state index in [-0.39, 0.29) is 17.4 Å². The summed E-state index contributed by atoms with van der Waals surface area (Å²) in [4.78, 5) is 14.8. The number of nitrogens with zero attached hydrogens (tertiary/aromatic N) is 1. The van der Waals surface area contributed by atoms with E-state index in [2.05, 4.69) is 6.92 Å². The molecule has 6 nitrogen and oxygen atoms in total. The fourth-order valence-corrected chi connectivity index (χ4v) is 3.67. The van der Waals surface area contributed by atoms with Crippen LogP contribution in [-0.4, -0.2) is 45.2 Å². The van der Waals surface area contributed by atoms with Crippen molar-refractivity contribution in [3.05, 3.63) is 65.2 Å². The van der Waals surface area contributed by atoms with E-state index in [1.807, 2.05) is 30.3 Å². The van der Waals surface area contributed by atoms with E-state index in [9.17, 15) is 13.2 Å². The van der Waals surface area contributed by atoms with Gasteiger partial charge in [-0.2, -0.15) is 8.42 Å². The lowest BCUT2D eigenvalue weighted by molar-refractivity contribution is 0.0680. The van der Waals surface area contributed by atoms with E-state index in [0.29, 0.717) is 25.3 Å². The molecule has 0 aliphatic heterocycles. The minimum atomic E-state index is -3.60. The fraction of sp³-hybridized carbons (Fsp3) is 0.458. The van der Waals surface area contributed by atoms with Crippen LogP contribution in [0, 0.1) is 0 Å². The molecule has 0 unspecified atom stereocenters. The first kappa shape index (κ1) is 24.9. The highest BCUT2D eigenvalue weighted by Crippen LogP contribution is 2.19. The number of benzene rings is 2. The van der Waals surface area contributed by atoms with Gasteiger partial charge in [-0.15, -0.1) is 0 Å². The molecule has 0 radical (unpaired) electrons. The molecule has 2 rings (SSSR count). The Labute approximate surface area is 186 Å². The van der Waals surface area contributed by atoms with Gasteiger partial charge in [0, 0.05) is 25.8 Å². The van der Waals surface area contributed by atoms with Crippen molar-refractivity contribution in [1.82, 2.24) is 4.90 Å². The van der Waals surface area contributed by atoms with E-state index in [1.54, 1.807) is 30.2 Å². The number of hydrogen-bond acceptors (Lipinski definition) is 5. The lowest BCUT2D eigenvalue weighted by atomic mass is 10.0. The number of hydrogen-bond donors (Lipinski definition) is 0. The van der Waals surface area contributed by atoms with Crippen LogP contribution in [0.4, 0.5) is 0 Å². The van der Waals surface area contributed by atoms with Crippen molar-refractivity contribution >= 4 is 16.0 Å². The van der Waals surface area contributed by atoms with Crippen LogP contribution >= 0.6 is 0 Å². The molecule has 0 spiro atoms. The van der Waals surface area contributed by atoms with E-state index in [1.165, 1.54) is 25.3 Å². The van der Waals surface area contributed by atoms with Crippen LogP contribution in [0.2, 0.25) is 0 Å². The zero-order valence-corrected chi connectivity index (χ0v) is 19.5. The average Bonchev–Trinajstić information content (AvgIpc) is 2.77. The molecular formula is C24H33NO5S. The van der Waals surface area contributed by atoms with Crippen LogP contribution < -0.4 is 4.18 Å². The highest BCUT2D eigenvalue weighted by molar-refractivity contribution is 7.87. The molecule has 2 aromatic rings. The first-order valence-electron chi connectivity index (χ1n) is 10.8. The lowest BCUT2D eigenvalue weighted by Gasteiger charge is -2.23. The van der Waals surface area contributed by atoms with Crippen molar-refractivity contribution in [3.63, 3.8) is 0 Å². The van der Waals surface area contributed by atoms with Gasteiger partial charge >= 0.3 is 10.1 Å². The first-order chi connectivity index (χ1) is 14.9. The Hall–Kier alpha value is -2.38. The van der Waals surface area contributed by atoms with Gasteiger partial charge < -0.3 is 13.8 Å². The highest BCUT2D eigenvalue weighted by Gasteiger charge is 2.17. The highest BCUT2D eigenvalue weighted by atomic mass is 32.2. The number of amides is 1. The largest absolute Gasteiger partial charge is 0.383 e. The molecule has 0 bridgehead atoms. The second-order valence-corrected chi connectivity index (χ2v) is 9.31. The molecule has 0 saturated carbocycles. The summed E-state index contributed by atoms with van der Waals surface area (Å²) in [5, 5.41) is 0. The number of carbonyl (C=O) groups excluding carboxylic acids is 1. The van der Waals surface area contributed by atoms with Crippen LogP contribution in [0.15, 0.2) is 48.5 Å². The predicted octanol–water partition coefficient (Wildman–Crippen LogP) is 4.44. The van der Waals surface area contributed by atoms with Gasteiger partial charge in [-0.3, -0.25) is 4.79 Å². The van der Waals surface area contributed by atoms with Crippen LogP contribution in [-0.2, 0) is 27.8 Å². The van der Waals surface area contributed by atoms with Gasteiger partial charge in [0.05, 0.1) is 12.4 Å². The Kier molecular flexibility index (Phi) is 10.0. The topological polar surface area (TPSA) is 72.9 Å². The molecule has 0 N–H and O–H groups in total. The number of unbranched alkanes of at least 4 members (excludes halogenated alkanes) is 2. The molecule has 0 aliphatic rings. The Morgan fingerprint density at radius 3 is 2.39 bits per heavy atom. The van der Waals surface area contributed by atoms with E-state index in [4.69, 9.17) is 8.92 Å². The Bertz CT molecular complexity index is 925. The SMILES string of the molecule is CCCCCc1ccc(C(=O)N(CCOC)Cc2cccc(OS(=O)(=O)CC)c2)cc1. The maximum atomic E-state index is 13.1. The van der Waals surface area contributed by atoms with Crippen molar-refractivity contribution in [2.45, 2.75) is 46.1 Å². The van der Waals surface area contributed by atoms with Crippen molar-refractivity contribution in [1.29, 1.82) is 0 Å². The summed E-state index contributed by atoms with van der Waals surface area (Å²) in [7, 11) is -2.01. The summed E-state index contributed by atoms with van der Waals surface area (Å²) in [5.74, 6) is 0.0454. The minimum absolute atomic E-state index is 0.0929. The van der Waals surface area contributed by atoms with Crippen molar-refractivity contribution in [3.8, 4) is 5.75 Å². The summed E-state index contributed by atoms with van der Waals surface area (Å²) in [6.07, 6.45) is 4.55. The van der Waals surface area contributed by atoms with Gasteiger partial charge in [0.15, 0.2) is 0 Å². The van der Waals surface area contributed by atoms with Gasteiger partial charge in [-0.1, -0.05) is 44.0 Å². The number of aryl methyl sites for hydroxylation is 1. The van der Waals surface area contributed by atoms with Crippen LogP contribution in [0.3, 0.4) is 0 Å². The molecule has 0 fully saturated rings. The minimum Gasteiger partial charge on any atom is -0.383 e. The molecule has 0 heterocycles. The summed E-state index contributed by atoms with van der Waals surface area (Å²) in [6, 6.07) is 14.6. The number of methoxy groups -OCH3 is 1. The third-order valence-electron chi connectivity index (χ3n) is 4.97. The molecule has 0 atom stereocenters. The van der Waals surface area contributed by atoms with Crippen molar-refractivity contribution in [2.24, 2.45) is 0 Å². The van der Waals surface area contributed by atoms with Crippen LogP contribution in [0.1, 0.15) is 54.6 Å². The fourth-order valence-electron chi connectivity index (χ4n) is 3.15. The van der Waals surface area contributed by atoms with Gasteiger partial charge in [-0.05, 0) is 55.2 Å². The smallest absolute Gasteiger partial charge is 0.308 e. The van der Waals surface area contributed by atoms with Crippen LogP contribution in [0.25, 0.3) is 0 Å². The Balaban J connectivity index is 2.13. The molecule has 0 aliphatic carbocycles. The normalized spacial score (nSPS) is 11.3. The second-order valence-electron chi connectivity index (χ2n) is 7.45. The quantitative estimate of drug-likeness (QED) is 0.335. The molecule has 0 saturated heterocycles. The van der Waals surface area contributed by atoms with Gasteiger partial charge in [0.1, 0.15) is 5.75 Å². The Morgan fingerprint density at radius 1 is 1.00 bits per heavy atom. The molecule has 170 valence electrons. The summed E-state index contributed by atoms with van der Waals surface area (Å²) in [6.45, 7) is 4.86.